The smallest absolute Gasteiger partial charge is 0.0492 e. The summed E-state index contributed by atoms with van der Waals surface area (Å²) >= 11 is 7.54. The lowest BCUT2D eigenvalue weighted by Crippen LogP contribution is -1.99. The molecule has 0 aliphatic rings. The summed E-state index contributed by atoms with van der Waals surface area (Å²) < 4.78 is 1.93. The maximum absolute atomic E-state index is 5.58. The highest BCUT2D eigenvalue weighted by Gasteiger charge is 1.97. The summed E-state index contributed by atoms with van der Waals surface area (Å²) in [6, 6.07) is 2.07. The van der Waals surface area contributed by atoms with E-state index in [1.807, 2.05) is 29.7 Å². The van der Waals surface area contributed by atoms with E-state index in [1.165, 1.54) is 11.4 Å². The molecule has 0 atom stereocenters. The Morgan fingerprint density at radius 3 is 3.00 bits per heavy atom. The predicted molar refractivity (Wildman–Crippen MR) is 59.6 cm³/mol. The lowest BCUT2D eigenvalue weighted by Gasteiger charge is -2.01. The molecule has 0 bridgehead atoms. The van der Waals surface area contributed by atoms with Crippen LogP contribution in [0.1, 0.15) is 12.1 Å². The number of halogens is 1. The van der Waals surface area contributed by atoms with Crippen molar-refractivity contribution in [3.05, 3.63) is 18.0 Å². The standard InChI is InChI=1S/C9H15ClN2S/c1-12-9(3-6-11-12)4-8-13-7-2-5-10/h3,6H,2,4-5,7-8H2,1H3. The molecule has 0 spiro atoms. The molecule has 0 radical (unpaired) electrons. The minimum Gasteiger partial charge on any atom is -0.273 e. The molecule has 0 amide bonds. The largest absolute Gasteiger partial charge is 0.273 e. The molecule has 1 rings (SSSR count). The minimum atomic E-state index is 0.776. The minimum absolute atomic E-state index is 0.776. The lowest BCUT2D eigenvalue weighted by atomic mass is 10.3. The van der Waals surface area contributed by atoms with Gasteiger partial charge in [0.1, 0.15) is 0 Å². The van der Waals surface area contributed by atoms with Gasteiger partial charge in [-0.2, -0.15) is 16.9 Å². The van der Waals surface area contributed by atoms with E-state index in [2.05, 4.69) is 11.2 Å². The van der Waals surface area contributed by atoms with Crippen LogP contribution in [0.4, 0.5) is 0 Å². The van der Waals surface area contributed by atoms with E-state index < -0.39 is 0 Å². The Morgan fingerprint density at radius 1 is 1.54 bits per heavy atom. The zero-order valence-corrected chi connectivity index (χ0v) is 9.44. The second-order valence-electron chi connectivity index (χ2n) is 2.85. The maximum Gasteiger partial charge on any atom is 0.0492 e. The lowest BCUT2D eigenvalue weighted by molar-refractivity contribution is 0.720. The first-order chi connectivity index (χ1) is 6.34. The SMILES string of the molecule is Cn1nccc1CCSCCCCl. The van der Waals surface area contributed by atoms with Crippen LogP contribution in [0.2, 0.25) is 0 Å². The number of aromatic nitrogens is 2. The number of hydrogen-bond acceptors (Lipinski definition) is 2. The van der Waals surface area contributed by atoms with Crippen LogP contribution in [0.15, 0.2) is 12.3 Å². The first kappa shape index (κ1) is 10.9. The van der Waals surface area contributed by atoms with Crippen LogP contribution < -0.4 is 0 Å². The summed E-state index contributed by atoms with van der Waals surface area (Å²) in [6.45, 7) is 0. The fourth-order valence-corrected chi connectivity index (χ4v) is 2.28. The fourth-order valence-electron chi connectivity index (χ4n) is 1.08. The molecule has 0 saturated carbocycles. The van der Waals surface area contributed by atoms with Crippen LogP contribution in [0.5, 0.6) is 0 Å². The van der Waals surface area contributed by atoms with Crippen molar-refractivity contribution in [2.45, 2.75) is 12.8 Å². The summed E-state index contributed by atoms with van der Waals surface area (Å²) in [7, 11) is 1.98. The normalized spacial score (nSPS) is 10.6. The Morgan fingerprint density at radius 2 is 2.38 bits per heavy atom. The van der Waals surface area contributed by atoms with Crippen molar-refractivity contribution in [2.75, 3.05) is 17.4 Å². The maximum atomic E-state index is 5.58. The first-order valence-corrected chi connectivity index (χ1v) is 6.14. The van der Waals surface area contributed by atoms with Crippen molar-refractivity contribution in [1.29, 1.82) is 0 Å². The van der Waals surface area contributed by atoms with Crippen molar-refractivity contribution in [1.82, 2.24) is 9.78 Å². The number of aryl methyl sites for hydroxylation is 2. The first-order valence-electron chi connectivity index (χ1n) is 4.45. The van der Waals surface area contributed by atoms with Crippen molar-refractivity contribution >= 4 is 23.4 Å². The summed E-state index contributed by atoms with van der Waals surface area (Å²) in [5.41, 5.74) is 1.30. The van der Waals surface area contributed by atoms with Gasteiger partial charge < -0.3 is 0 Å². The Kier molecular flexibility index (Phi) is 5.32. The molecular formula is C9H15ClN2S. The molecule has 74 valence electrons. The van der Waals surface area contributed by atoms with Crippen LogP contribution in [0, 0.1) is 0 Å². The average molecular weight is 219 g/mol. The number of alkyl halides is 1. The van der Waals surface area contributed by atoms with E-state index in [1.54, 1.807) is 0 Å². The summed E-state index contributed by atoms with van der Waals surface area (Å²) in [5.74, 6) is 3.11. The average Bonchev–Trinajstić information content (AvgIpc) is 2.52. The van der Waals surface area contributed by atoms with Gasteiger partial charge in [-0.3, -0.25) is 4.68 Å². The second-order valence-corrected chi connectivity index (χ2v) is 4.45. The Labute approximate surface area is 88.7 Å². The highest BCUT2D eigenvalue weighted by molar-refractivity contribution is 7.99. The highest BCUT2D eigenvalue weighted by Crippen LogP contribution is 2.07. The van der Waals surface area contributed by atoms with Crippen LogP contribution in [-0.4, -0.2) is 27.2 Å². The molecular weight excluding hydrogens is 204 g/mol. The van der Waals surface area contributed by atoms with E-state index in [9.17, 15) is 0 Å². The number of rotatable bonds is 6. The summed E-state index contributed by atoms with van der Waals surface area (Å²) in [6.07, 6.45) is 4.06. The van der Waals surface area contributed by atoms with Gasteiger partial charge in [0.2, 0.25) is 0 Å². The summed E-state index contributed by atoms with van der Waals surface area (Å²) in [4.78, 5) is 0. The van der Waals surface area contributed by atoms with Gasteiger partial charge in [0, 0.05) is 24.8 Å². The van der Waals surface area contributed by atoms with Crippen LogP contribution in [0.25, 0.3) is 0 Å². The van der Waals surface area contributed by atoms with Gasteiger partial charge in [0.05, 0.1) is 0 Å². The third-order valence-electron chi connectivity index (χ3n) is 1.85. The highest BCUT2D eigenvalue weighted by atomic mass is 35.5. The molecule has 0 aliphatic carbocycles. The van der Waals surface area contributed by atoms with E-state index >= 15 is 0 Å². The van der Waals surface area contributed by atoms with E-state index in [0.717, 1.165) is 24.5 Å². The summed E-state index contributed by atoms with van der Waals surface area (Å²) in [5, 5.41) is 4.12. The third-order valence-corrected chi connectivity index (χ3v) is 3.18. The molecule has 0 aromatic carbocycles. The van der Waals surface area contributed by atoms with Gasteiger partial charge in [0.15, 0.2) is 0 Å². The number of hydrogen-bond donors (Lipinski definition) is 0. The monoisotopic (exact) mass is 218 g/mol. The van der Waals surface area contributed by atoms with E-state index in [4.69, 9.17) is 11.6 Å². The predicted octanol–water partition coefficient (Wildman–Crippen LogP) is 2.32. The molecule has 0 unspecified atom stereocenters. The van der Waals surface area contributed by atoms with Crippen molar-refractivity contribution in [3.63, 3.8) is 0 Å². The molecule has 1 heterocycles. The van der Waals surface area contributed by atoms with Crippen LogP contribution >= 0.6 is 23.4 Å². The van der Waals surface area contributed by atoms with Gasteiger partial charge in [-0.25, -0.2) is 0 Å². The molecule has 1 aromatic heterocycles. The van der Waals surface area contributed by atoms with E-state index in [0.29, 0.717) is 0 Å². The van der Waals surface area contributed by atoms with Gasteiger partial charge in [-0.05, 0) is 30.4 Å². The van der Waals surface area contributed by atoms with E-state index in [-0.39, 0.29) is 0 Å². The Hall–Kier alpha value is -0.150. The van der Waals surface area contributed by atoms with Crippen molar-refractivity contribution in [3.8, 4) is 0 Å². The van der Waals surface area contributed by atoms with Crippen molar-refractivity contribution < 1.29 is 0 Å². The van der Waals surface area contributed by atoms with Gasteiger partial charge in [0.25, 0.3) is 0 Å². The van der Waals surface area contributed by atoms with Crippen LogP contribution in [-0.2, 0) is 13.5 Å². The van der Waals surface area contributed by atoms with Gasteiger partial charge in [-0.1, -0.05) is 0 Å². The molecule has 2 nitrogen and oxygen atoms in total. The molecule has 4 heteroatoms. The third kappa shape index (κ3) is 4.05. The molecule has 0 N–H and O–H groups in total. The zero-order valence-electron chi connectivity index (χ0n) is 7.87. The topological polar surface area (TPSA) is 17.8 Å². The number of nitrogens with zero attached hydrogens (tertiary/aromatic N) is 2. The molecule has 0 saturated heterocycles. The molecule has 0 fully saturated rings. The fraction of sp³-hybridized carbons (Fsp3) is 0.667. The molecule has 1 aromatic rings. The van der Waals surface area contributed by atoms with Gasteiger partial charge >= 0.3 is 0 Å². The second kappa shape index (κ2) is 6.33. The Bertz CT molecular complexity index is 237. The van der Waals surface area contributed by atoms with Crippen molar-refractivity contribution in [2.24, 2.45) is 7.05 Å². The number of thioether (sulfide) groups is 1. The zero-order chi connectivity index (χ0) is 9.52. The molecule has 13 heavy (non-hydrogen) atoms. The molecule has 0 aliphatic heterocycles. The Balaban J connectivity index is 2.10. The van der Waals surface area contributed by atoms with Gasteiger partial charge in [-0.15, -0.1) is 11.6 Å². The van der Waals surface area contributed by atoms with Crippen LogP contribution in [0.3, 0.4) is 0 Å². The quantitative estimate of drug-likeness (QED) is 0.539.